The Labute approximate surface area is 144 Å². The first-order valence-electron chi connectivity index (χ1n) is 6.70. The zero-order valence-electron chi connectivity index (χ0n) is 12.7. The van der Waals surface area contributed by atoms with E-state index in [0.717, 1.165) is 6.07 Å². The van der Waals surface area contributed by atoms with Gasteiger partial charge >= 0.3 is 6.36 Å². The molecule has 0 aliphatic rings. The summed E-state index contributed by atoms with van der Waals surface area (Å²) in [6, 6.07) is 10.1. The van der Waals surface area contributed by atoms with Crippen LogP contribution in [-0.2, 0) is 0 Å². The molecule has 4 nitrogen and oxygen atoms in total. The first-order valence-corrected chi connectivity index (χ1v) is 7.50. The van der Waals surface area contributed by atoms with E-state index in [1.165, 1.54) is 41.3 Å². The molecule has 0 unspecified atom stereocenters. The number of nitrogens with zero attached hydrogens (tertiary/aromatic N) is 1. The Morgan fingerprint density at radius 1 is 1.04 bits per heavy atom. The third-order valence-corrected chi connectivity index (χ3v) is 3.36. The predicted molar refractivity (Wildman–Crippen MR) is 85.4 cm³/mol. The smallest absolute Gasteiger partial charge is 0.453 e. The van der Waals surface area contributed by atoms with Crippen LogP contribution in [0.15, 0.2) is 46.9 Å². The minimum Gasteiger partial charge on any atom is -0.453 e. The van der Waals surface area contributed by atoms with Gasteiger partial charge < -0.3 is 14.4 Å². The Kier molecular flexibility index (Phi) is 5.38. The first kappa shape index (κ1) is 18.1. The zero-order chi connectivity index (χ0) is 17.9. The standard InChI is InChI=1S/C16H13BrF3NO3/c1-21(2)15(22)10-3-6-12(7-4-10)23-13-8-5-11(17)9-14(13)24-16(18,19)20/h3-9H,1-2H3. The molecule has 0 aromatic heterocycles. The SMILES string of the molecule is CN(C)C(=O)c1ccc(Oc2ccc(Br)cc2OC(F)(F)F)cc1. The normalized spacial score (nSPS) is 11.1. The minimum absolute atomic E-state index is 0.0952. The van der Waals surface area contributed by atoms with Gasteiger partial charge in [-0.1, -0.05) is 15.9 Å². The van der Waals surface area contributed by atoms with E-state index in [0.29, 0.717) is 10.0 Å². The van der Waals surface area contributed by atoms with Crippen LogP contribution in [-0.4, -0.2) is 31.3 Å². The predicted octanol–water partition coefficient (Wildman–Crippen LogP) is 4.84. The molecule has 0 aliphatic heterocycles. The van der Waals surface area contributed by atoms with Crippen LogP contribution >= 0.6 is 15.9 Å². The van der Waals surface area contributed by atoms with Crippen molar-refractivity contribution in [2.45, 2.75) is 6.36 Å². The summed E-state index contributed by atoms with van der Waals surface area (Å²) in [4.78, 5) is 13.2. The lowest BCUT2D eigenvalue weighted by Gasteiger charge is -2.15. The van der Waals surface area contributed by atoms with Crippen molar-refractivity contribution in [2.75, 3.05) is 14.1 Å². The van der Waals surface area contributed by atoms with Gasteiger partial charge in [0.1, 0.15) is 5.75 Å². The highest BCUT2D eigenvalue weighted by Crippen LogP contribution is 2.37. The second-order valence-corrected chi connectivity index (χ2v) is 5.88. The van der Waals surface area contributed by atoms with Crippen molar-refractivity contribution in [3.05, 3.63) is 52.5 Å². The van der Waals surface area contributed by atoms with E-state index in [-0.39, 0.29) is 17.4 Å². The Bertz CT molecular complexity index is 730. The van der Waals surface area contributed by atoms with Crippen LogP contribution < -0.4 is 9.47 Å². The zero-order valence-corrected chi connectivity index (χ0v) is 14.3. The summed E-state index contributed by atoms with van der Waals surface area (Å²) in [7, 11) is 3.24. The lowest BCUT2D eigenvalue weighted by Crippen LogP contribution is -2.21. The van der Waals surface area contributed by atoms with Gasteiger partial charge in [0.25, 0.3) is 5.91 Å². The van der Waals surface area contributed by atoms with Crippen molar-refractivity contribution in [2.24, 2.45) is 0 Å². The van der Waals surface area contributed by atoms with Gasteiger partial charge in [-0.3, -0.25) is 4.79 Å². The largest absolute Gasteiger partial charge is 0.573 e. The molecular formula is C16H13BrF3NO3. The van der Waals surface area contributed by atoms with Crippen molar-refractivity contribution in [3.8, 4) is 17.2 Å². The summed E-state index contributed by atoms with van der Waals surface area (Å²) in [5.41, 5.74) is 0.440. The molecule has 24 heavy (non-hydrogen) atoms. The molecule has 128 valence electrons. The fourth-order valence-corrected chi connectivity index (χ4v) is 2.16. The van der Waals surface area contributed by atoms with Crippen molar-refractivity contribution in [1.82, 2.24) is 4.90 Å². The molecule has 8 heteroatoms. The van der Waals surface area contributed by atoms with Gasteiger partial charge in [-0.25, -0.2) is 0 Å². The minimum atomic E-state index is -4.83. The van der Waals surface area contributed by atoms with Gasteiger partial charge in [-0.15, -0.1) is 13.2 Å². The van der Waals surface area contributed by atoms with Crippen LogP contribution in [0.5, 0.6) is 17.2 Å². The summed E-state index contributed by atoms with van der Waals surface area (Å²) in [5.74, 6) is -0.474. The highest BCUT2D eigenvalue weighted by molar-refractivity contribution is 9.10. The maximum atomic E-state index is 12.5. The number of amides is 1. The number of carbonyl (C=O) groups is 1. The number of alkyl halides is 3. The van der Waals surface area contributed by atoms with Crippen LogP contribution in [0.25, 0.3) is 0 Å². The second-order valence-electron chi connectivity index (χ2n) is 4.96. The van der Waals surface area contributed by atoms with E-state index >= 15 is 0 Å². The molecule has 2 rings (SSSR count). The lowest BCUT2D eigenvalue weighted by molar-refractivity contribution is -0.275. The highest BCUT2D eigenvalue weighted by atomic mass is 79.9. The summed E-state index contributed by atoms with van der Waals surface area (Å²) >= 11 is 3.08. The Morgan fingerprint density at radius 3 is 2.21 bits per heavy atom. The third kappa shape index (κ3) is 4.89. The van der Waals surface area contributed by atoms with Crippen LogP contribution in [0.3, 0.4) is 0 Å². The summed E-state index contributed by atoms with van der Waals surface area (Å²) in [5, 5.41) is 0. The van der Waals surface area contributed by atoms with Crippen molar-refractivity contribution in [1.29, 1.82) is 0 Å². The molecule has 0 radical (unpaired) electrons. The van der Waals surface area contributed by atoms with Crippen LogP contribution in [0, 0.1) is 0 Å². The summed E-state index contributed by atoms with van der Waals surface area (Å²) in [6.45, 7) is 0. The monoisotopic (exact) mass is 403 g/mol. The molecule has 0 fully saturated rings. The lowest BCUT2D eigenvalue weighted by atomic mass is 10.2. The number of hydrogen-bond donors (Lipinski definition) is 0. The number of carbonyl (C=O) groups excluding carboxylic acids is 1. The molecule has 0 bridgehead atoms. The average molecular weight is 404 g/mol. The fourth-order valence-electron chi connectivity index (χ4n) is 1.82. The molecule has 1 amide bonds. The van der Waals surface area contributed by atoms with Crippen molar-refractivity contribution < 1.29 is 27.4 Å². The molecular weight excluding hydrogens is 391 g/mol. The van der Waals surface area contributed by atoms with Crippen LogP contribution in [0.2, 0.25) is 0 Å². The Hall–Kier alpha value is -2.22. The van der Waals surface area contributed by atoms with E-state index in [9.17, 15) is 18.0 Å². The fraction of sp³-hybridized carbons (Fsp3) is 0.188. The maximum absolute atomic E-state index is 12.5. The molecule has 2 aromatic carbocycles. The van der Waals surface area contributed by atoms with E-state index in [1.807, 2.05) is 0 Å². The van der Waals surface area contributed by atoms with Gasteiger partial charge in [0, 0.05) is 24.1 Å². The van der Waals surface area contributed by atoms with E-state index in [4.69, 9.17) is 4.74 Å². The molecule has 0 atom stereocenters. The van der Waals surface area contributed by atoms with Crippen molar-refractivity contribution >= 4 is 21.8 Å². The number of rotatable bonds is 4. The number of ether oxygens (including phenoxy) is 2. The van der Waals surface area contributed by atoms with Gasteiger partial charge in [-0.2, -0.15) is 0 Å². The highest BCUT2D eigenvalue weighted by Gasteiger charge is 2.32. The van der Waals surface area contributed by atoms with E-state index in [1.54, 1.807) is 14.1 Å². The molecule has 0 saturated heterocycles. The third-order valence-electron chi connectivity index (χ3n) is 2.87. The Morgan fingerprint density at radius 2 is 1.67 bits per heavy atom. The van der Waals surface area contributed by atoms with Crippen LogP contribution in [0.1, 0.15) is 10.4 Å². The molecule has 0 aliphatic carbocycles. The summed E-state index contributed by atoms with van der Waals surface area (Å²) < 4.78 is 47.2. The molecule has 0 N–H and O–H groups in total. The number of hydrogen-bond acceptors (Lipinski definition) is 3. The average Bonchev–Trinajstić information content (AvgIpc) is 2.48. The van der Waals surface area contributed by atoms with E-state index < -0.39 is 12.1 Å². The quantitative estimate of drug-likeness (QED) is 0.732. The topological polar surface area (TPSA) is 38.8 Å². The number of halogens is 4. The molecule has 0 saturated carbocycles. The number of benzene rings is 2. The van der Waals surface area contributed by atoms with Gasteiger partial charge in [0.05, 0.1) is 0 Å². The van der Waals surface area contributed by atoms with Crippen molar-refractivity contribution in [3.63, 3.8) is 0 Å². The second kappa shape index (κ2) is 7.12. The van der Waals surface area contributed by atoms with Gasteiger partial charge in [0.2, 0.25) is 0 Å². The maximum Gasteiger partial charge on any atom is 0.573 e. The molecule has 2 aromatic rings. The first-order chi connectivity index (χ1) is 11.2. The summed E-state index contributed by atoms with van der Waals surface area (Å²) in [6.07, 6.45) is -4.83. The van der Waals surface area contributed by atoms with Gasteiger partial charge in [-0.05, 0) is 42.5 Å². The molecule has 0 heterocycles. The Balaban J connectivity index is 2.23. The van der Waals surface area contributed by atoms with Gasteiger partial charge in [0.15, 0.2) is 11.5 Å². The van der Waals surface area contributed by atoms with E-state index in [2.05, 4.69) is 20.7 Å². The molecule has 0 spiro atoms. The van der Waals surface area contributed by atoms with Crippen LogP contribution in [0.4, 0.5) is 13.2 Å².